The van der Waals surface area contributed by atoms with Crippen molar-refractivity contribution < 1.29 is 12.8 Å². The van der Waals surface area contributed by atoms with Crippen LogP contribution in [0.2, 0.25) is 0 Å². The molecule has 3 aromatic rings. The molecule has 0 aliphatic rings. The standard InChI is InChI=1S/C21H20FNO2S/c1-16-7-5-6-10-20(16)21(18-8-3-2-4-9-18)23-26(24,25)15-17-11-13-19(22)14-12-17/h2-14,21,23H,15H2,1H3/t21-/m1/s1. The highest BCUT2D eigenvalue weighted by molar-refractivity contribution is 7.88. The lowest BCUT2D eigenvalue weighted by Crippen LogP contribution is -2.31. The molecular formula is C21H20FNO2S. The normalized spacial score (nSPS) is 12.7. The quantitative estimate of drug-likeness (QED) is 0.702. The van der Waals surface area contributed by atoms with E-state index in [1.165, 1.54) is 24.3 Å². The van der Waals surface area contributed by atoms with Crippen LogP contribution in [-0.4, -0.2) is 8.42 Å². The van der Waals surface area contributed by atoms with Crippen LogP contribution >= 0.6 is 0 Å². The lowest BCUT2D eigenvalue weighted by Gasteiger charge is -2.21. The molecule has 26 heavy (non-hydrogen) atoms. The molecule has 0 aromatic heterocycles. The highest BCUT2D eigenvalue weighted by atomic mass is 32.2. The minimum absolute atomic E-state index is 0.206. The number of hydrogen-bond acceptors (Lipinski definition) is 2. The van der Waals surface area contributed by atoms with Crippen molar-refractivity contribution in [2.75, 3.05) is 0 Å². The van der Waals surface area contributed by atoms with E-state index in [0.717, 1.165) is 16.7 Å². The third-order valence-electron chi connectivity index (χ3n) is 4.20. The summed E-state index contributed by atoms with van der Waals surface area (Å²) in [6, 6.07) is 22.2. The summed E-state index contributed by atoms with van der Waals surface area (Å²) in [7, 11) is -3.63. The maximum atomic E-state index is 13.1. The van der Waals surface area contributed by atoms with Crippen LogP contribution in [0, 0.1) is 12.7 Å². The van der Waals surface area contributed by atoms with Gasteiger partial charge in [-0.05, 0) is 41.3 Å². The number of aryl methyl sites for hydroxylation is 1. The summed E-state index contributed by atoms with van der Waals surface area (Å²) in [4.78, 5) is 0. The van der Waals surface area contributed by atoms with Crippen molar-refractivity contribution in [1.29, 1.82) is 0 Å². The van der Waals surface area contributed by atoms with Crippen LogP contribution in [0.5, 0.6) is 0 Å². The maximum Gasteiger partial charge on any atom is 0.216 e. The van der Waals surface area contributed by atoms with Gasteiger partial charge in [-0.15, -0.1) is 0 Å². The van der Waals surface area contributed by atoms with Crippen molar-refractivity contribution >= 4 is 10.0 Å². The first-order valence-electron chi connectivity index (χ1n) is 8.29. The van der Waals surface area contributed by atoms with E-state index >= 15 is 0 Å². The molecule has 1 atom stereocenters. The number of rotatable bonds is 6. The maximum absolute atomic E-state index is 13.1. The molecule has 0 heterocycles. The van der Waals surface area contributed by atoms with Gasteiger partial charge >= 0.3 is 0 Å². The Morgan fingerprint density at radius 2 is 1.50 bits per heavy atom. The SMILES string of the molecule is Cc1ccccc1[C@H](NS(=O)(=O)Cc1ccc(F)cc1)c1ccccc1. The van der Waals surface area contributed by atoms with Crippen LogP contribution in [0.1, 0.15) is 28.3 Å². The van der Waals surface area contributed by atoms with E-state index in [2.05, 4.69) is 4.72 Å². The van der Waals surface area contributed by atoms with Gasteiger partial charge in [0.1, 0.15) is 5.82 Å². The summed E-state index contributed by atoms with van der Waals surface area (Å²) in [5, 5.41) is 0. The van der Waals surface area contributed by atoms with Crippen molar-refractivity contribution in [2.45, 2.75) is 18.7 Å². The predicted molar refractivity (Wildman–Crippen MR) is 102 cm³/mol. The van der Waals surface area contributed by atoms with Gasteiger partial charge in [0, 0.05) is 0 Å². The van der Waals surface area contributed by atoms with E-state index < -0.39 is 16.1 Å². The molecule has 0 unspecified atom stereocenters. The fourth-order valence-corrected chi connectivity index (χ4v) is 4.23. The number of benzene rings is 3. The first-order chi connectivity index (χ1) is 12.4. The average Bonchev–Trinajstić information content (AvgIpc) is 2.63. The van der Waals surface area contributed by atoms with Gasteiger partial charge in [-0.2, -0.15) is 0 Å². The Hall–Kier alpha value is -2.50. The monoisotopic (exact) mass is 369 g/mol. The second kappa shape index (κ2) is 7.81. The zero-order valence-electron chi connectivity index (χ0n) is 14.4. The Bertz CT molecular complexity index is 970. The summed E-state index contributed by atoms with van der Waals surface area (Å²) in [6.45, 7) is 1.96. The molecule has 3 rings (SSSR count). The van der Waals surface area contributed by atoms with E-state index in [4.69, 9.17) is 0 Å². The van der Waals surface area contributed by atoms with Crippen molar-refractivity contribution in [1.82, 2.24) is 4.72 Å². The first-order valence-corrected chi connectivity index (χ1v) is 9.95. The fraction of sp³-hybridized carbons (Fsp3) is 0.143. The van der Waals surface area contributed by atoms with Crippen LogP contribution in [0.3, 0.4) is 0 Å². The van der Waals surface area contributed by atoms with E-state index in [0.29, 0.717) is 5.56 Å². The van der Waals surface area contributed by atoms with Gasteiger partial charge in [-0.25, -0.2) is 17.5 Å². The molecule has 1 N–H and O–H groups in total. The van der Waals surface area contributed by atoms with E-state index in [1.807, 2.05) is 61.5 Å². The Labute approximate surface area is 153 Å². The van der Waals surface area contributed by atoms with E-state index in [-0.39, 0.29) is 11.6 Å². The molecule has 3 aromatic carbocycles. The fourth-order valence-electron chi connectivity index (χ4n) is 2.89. The van der Waals surface area contributed by atoms with Crippen LogP contribution in [0.15, 0.2) is 78.9 Å². The zero-order chi connectivity index (χ0) is 18.6. The highest BCUT2D eigenvalue weighted by Crippen LogP contribution is 2.26. The Kier molecular flexibility index (Phi) is 5.49. The molecule has 0 radical (unpaired) electrons. The second-order valence-corrected chi connectivity index (χ2v) is 7.96. The highest BCUT2D eigenvalue weighted by Gasteiger charge is 2.22. The largest absolute Gasteiger partial charge is 0.216 e. The lowest BCUT2D eigenvalue weighted by molar-refractivity contribution is 0.570. The van der Waals surface area contributed by atoms with Gasteiger partial charge in [0.25, 0.3) is 0 Å². The summed E-state index contributed by atoms with van der Waals surface area (Å²) in [6.07, 6.45) is 0. The molecule has 0 amide bonds. The molecule has 0 saturated heterocycles. The Balaban J connectivity index is 1.92. The van der Waals surface area contributed by atoms with E-state index in [9.17, 15) is 12.8 Å². The van der Waals surface area contributed by atoms with Crippen molar-refractivity contribution in [3.63, 3.8) is 0 Å². The number of hydrogen-bond donors (Lipinski definition) is 1. The number of halogens is 1. The lowest BCUT2D eigenvalue weighted by atomic mass is 9.96. The third-order valence-corrected chi connectivity index (χ3v) is 5.51. The molecule has 3 nitrogen and oxygen atoms in total. The van der Waals surface area contributed by atoms with Gasteiger partial charge in [0.05, 0.1) is 11.8 Å². The molecule has 134 valence electrons. The molecule has 0 fully saturated rings. The molecule has 5 heteroatoms. The summed E-state index contributed by atoms with van der Waals surface area (Å²) in [5.41, 5.74) is 3.31. The van der Waals surface area contributed by atoms with Crippen molar-refractivity contribution in [3.05, 3.63) is 107 Å². The molecule has 0 spiro atoms. The minimum atomic E-state index is -3.63. The van der Waals surface area contributed by atoms with Crippen LogP contribution < -0.4 is 4.72 Å². The topological polar surface area (TPSA) is 46.2 Å². The minimum Gasteiger partial charge on any atom is -0.212 e. The molecule has 0 saturated carbocycles. The molecular weight excluding hydrogens is 349 g/mol. The molecule has 0 aliphatic carbocycles. The van der Waals surface area contributed by atoms with Gasteiger partial charge in [-0.3, -0.25) is 0 Å². The third kappa shape index (κ3) is 4.56. The van der Waals surface area contributed by atoms with E-state index in [1.54, 1.807) is 0 Å². The number of sulfonamides is 1. The zero-order valence-corrected chi connectivity index (χ0v) is 15.2. The van der Waals surface area contributed by atoms with Gasteiger partial charge in [-0.1, -0.05) is 66.7 Å². The van der Waals surface area contributed by atoms with Crippen molar-refractivity contribution in [3.8, 4) is 0 Å². The van der Waals surface area contributed by atoms with Crippen LogP contribution in [0.4, 0.5) is 4.39 Å². The van der Waals surface area contributed by atoms with Crippen molar-refractivity contribution in [2.24, 2.45) is 0 Å². The second-order valence-electron chi connectivity index (χ2n) is 6.20. The summed E-state index contributed by atoms with van der Waals surface area (Å²) >= 11 is 0. The van der Waals surface area contributed by atoms with Crippen LogP contribution in [0.25, 0.3) is 0 Å². The summed E-state index contributed by atoms with van der Waals surface area (Å²) in [5.74, 6) is -0.594. The van der Waals surface area contributed by atoms with Gasteiger partial charge < -0.3 is 0 Å². The van der Waals surface area contributed by atoms with Gasteiger partial charge in [0.15, 0.2) is 0 Å². The average molecular weight is 369 g/mol. The first kappa shape index (κ1) is 18.3. The Morgan fingerprint density at radius 3 is 2.15 bits per heavy atom. The smallest absolute Gasteiger partial charge is 0.212 e. The number of nitrogens with one attached hydrogen (secondary N) is 1. The summed E-state index contributed by atoms with van der Waals surface area (Å²) < 4.78 is 41.4. The van der Waals surface area contributed by atoms with Gasteiger partial charge in [0.2, 0.25) is 10.0 Å². The molecule has 0 bridgehead atoms. The Morgan fingerprint density at radius 1 is 0.885 bits per heavy atom. The molecule has 0 aliphatic heterocycles. The van der Waals surface area contributed by atoms with Crippen LogP contribution in [-0.2, 0) is 15.8 Å². The predicted octanol–water partition coefficient (Wildman–Crippen LogP) is 4.34.